The van der Waals surface area contributed by atoms with Gasteiger partial charge >= 0.3 is 0 Å². The Labute approximate surface area is 104 Å². The molecule has 0 spiro atoms. The highest BCUT2D eigenvalue weighted by Crippen LogP contribution is 2.32. The molecule has 90 valence electrons. The Morgan fingerprint density at radius 1 is 1.44 bits per heavy atom. The van der Waals surface area contributed by atoms with E-state index in [9.17, 15) is 4.39 Å². The van der Waals surface area contributed by atoms with E-state index in [1.165, 1.54) is 12.1 Å². The summed E-state index contributed by atoms with van der Waals surface area (Å²) in [5.41, 5.74) is 0.557. The Kier molecular flexibility index (Phi) is 5.49. The van der Waals surface area contributed by atoms with Crippen molar-refractivity contribution < 1.29 is 9.50 Å². The lowest BCUT2D eigenvalue weighted by molar-refractivity contribution is 0.284. The fourth-order valence-corrected chi connectivity index (χ4v) is 2.14. The molecule has 0 fully saturated rings. The molecule has 1 aromatic carbocycles. The van der Waals surface area contributed by atoms with Crippen LogP contribution in [-0.2, 0) is 0 Å². The summed E-state index contributed by atoms with van der Waals surface area (Å²) in [6.45, 7) is 2.59. The van der Waals surface area contributed by atoms with E-state index in [-0.39, 0.29) is 17.7 Å². The molecule has 0 amide bonds. The summed E-state index contributed by atoms with van der Waals surface area (Å²) in [4.78, 5) is 0. The molecule has 0 aliphatic carbocycles. The van der Waals surface area contributed by atoms with Gasteiger partial charge in [-0.15, -0.1) is 0 Å². The molecule has 2 N–H and O–H groups in total. The van der Waals surface area contributed by atoms with E-state index in [1.54, 1.807) is 0 Å². The van der Waals surface area contributed by atoms with Crippen molar-refractivity contribution in [1.82, 2.24) is 5.32 Å². The van der Waals surface area contributed by atoms with Crippen LogP contribution in [0.25, 0.3) is 0 Å². The van der Waals surface area contributed by atoms with Crippen LogP contribution in [0.4, 0.5) is 4.39 Å². The summed E-state index contributed by atoms with van der Waals surface area (Å²) in [5.74, 6) is -0.475. The molecule has 1 aromatic rings. The molecule has 1 rings (SSSR count). The molecule has 1 unspecified atom stereocenters. The third kappa shape index (κ3) is 3.32. The molecule has 0 bridgehead atoms. The van der Waals surface area contributed by atoms with Gasteiger partial charge in [0.05, 0.1) is 5.02 Å². The Bertz CT molecular complexity index is 360. The van der Waals surface area contributed by atoms with Crippen molar-refractivity contribution in [2.24, 2.45) is 0 Å². The minimum atomic E-state index is -0.475. The van der Waals surface area contributed by atoms with Gasteiger partial charge in [0.2, 0.25) is 0 Å². The lowest BCUT2D eigenvalue weighted by Gasteiger charge is -2.17. The van der Waals surface area contributed by atoms with Crippen LogP contribution in [-0.4, -0.2) is 18.3 Å². The number of nitrogens with one attached hydrogen (secondary N) is 1. The van der Waals surface area contributed by atoms with Gasteiger partial charge in [0.15, 0.2) is 0 Å². The molecule has 0 heterocycles. The van der Waals surface area contributed by atoms with Crippen molar-refractivity contribution in [3.05, 3.63) is 33.6 Å². The first-order valence-corrected chi connectivity index (χ1v) is 5.81. The molecule has 0 aliphatic rings. The quantitative estimate of drug-likeness (QED) is 0.633. The van der Waals surface area contributed by atoms with Crippen molar-refractivity contribution in [3.63, 3.8) is 0 Å². The van der Waals surface area contributed by atoms with E-state index in [4.69, 9.17) is 28.3 Å². The number of aliphatic hydroxyl groups is 1. The smallest absolute Gasteiger partial charge is 0.142 e. The van der Waals surface area contributed by atoms with Gasteiger partial charge < -0.3 is 10.4 Å². The van der Waals surface area contributed by atoms with Crippen LogP contribution in [0.15, 0.2) is 12.1 Å². The van der Waals surface area contributed by atoms with E-state index >= 15 is 0 Å². The van der Waals surface area contributed by atoms with Gasteiger partial charge in [-0.3, -0.25) is 0 Å². The van der Waals surface area contributed by atoms with Gasteiger partial charge in [-0.05, 0) is 32.0 Å². The summed E-state index contributed by atoms with van der Waals surface area (Å²) in [6.07, 6.45) is 0.634. The van der Waals surface area contributed by atoms with Gasteiger partial charge in [0.1, 0.15) is 5.82 Å². The molecule has 0 aliphatic heterocycles. The molecule has 5 heteroatoms. The summed E-state index contributed by atoms with van der Waals surface area (Å²) >= 11 is 11.8. The fourth-order valence-electron chi connectivity index (χ4n) is 1.44. The van der Waals surface area contributed by atoms with E-state index in [0.29, 0.717) is 23.6 Å². The predicted molar refractivity (Wildman–Crippen MR) is 64.5 cm³/mol. The number of hydrogen-bond donors (Lipinski definition) is 2. The Morgan fingerprint density at radius 3 is 2.75 bits per heavy atom. The molecule has 0 saturated heterocycles. The zero-order chi connectivity index (χ0) is 12.1. The van der Waals surface area contributed by atoms with Crippen molar-refractivity contribution in [2.75, 3.05) is 13.2 Å². The van der Waals surface area contributed by atoms with Crippen LogP contribution < -0.4 is 5.32 Å². The molecular formula is C11H14Cl2FNO. The van der Waals surface area contributed by atoms with Crippen LogP contribution in [0.1, 0.15) is 24.9 Å². The zero-order valence-corrected chi connectivity index (χ0v) is 10.4. The predicted octanol–water partition coefficient (Wildman–Crippen LogP) is 3.17. The standard InChI is InChI=1S/C11H14Cl2FNO/c1-7(15-5-2-6-16)10-8(12)3-4-9(14)11(10)13/h3-4,7,15-16H,2,5-6H2,1H3. The van der Waals surface area contributed by atoms with E-state index in [2.05, 4.69) is 5.32 Å². The molecular weight excluding hydrogens is 252 g/mol. The van der Waals surface area contributed by atoms with Gasteiger partial charge in [0.25, 0.3) is 0 Å². The lowest BCUT2D eigenvalue weighted by atomic mass is 10.1. The third-order valence-corrected chi connectivity index (χ3v) is 3.01. The zero-order valence-electron chi connectivity index (χ0n) is 8.93. The minimum Gasteiger partial charge on any atom is -0.396 e. The second kappa shape index (κ2) is 6.40. The fraction of sp³-hybridized carbons (Fsp3) is 0.455. The second-order valence-electron chi connectivity index (χ2n) is 3.51. The number of hydrogen-bond acceptors (Lipinski definition) is 2. The molecule has 1 atom stereocenters. The first-order valence-electron chi connectivity index (χ1n) is 5.05. The minimum absolute atomic E-state index is 0.0523. The SMILES string of the molecule is CC(NCCCO)c1c(Cl)ccc(F)c1Cl. The molecule has 0 aromatic heterocycles. The van der Waals surface area contributed by atoms with Crippen molar-refractivity contribution >= 4 is 23.2 Å². The number of benzene rings is 1. The van der Waals surface area contributed by atoms with Gasteiger partial charge in [0, 0.05) is 23.2 Å². The average Bonchev–Trinajstić information content (AvgIpc) is 2.24. The maximum Gasteiger partial charge on any atom is 0.142 e. The Balaban J connectivity index is 2.81. The summed E-state index contributed by atoms with van der Waals surface area (Å²) in [6, 6.07) is 2.58. The van der Waals surface area contributed by atoms with Gasteiger partial charge in [-0.1, -0.05) is 23.2 Å². The van der Waals surface area contributed by atoms with Crippen LogP contribution in [0.3, 0.4) is 0 Å². The summed E-state index contributed by atoms with van der Waals surface area (Å²) in [7, 11) is 0. The lowest BCUT2D eigenvalue weighted by Crippen LogP contribution is -2.21. The number of rotatable bonds is 5. The average molecular weight is 266 g/mol. The molecule has 2 nitrogen and oxygen atoms in total. The van der Waals surface area contributed by atoms with E-state index in [1.807, 2.05) is 6.92 Å². The van der Waals surface area contributed by atoms with E-state index in [0.717, 1.165) is 0 Å². The molecule has 0 radical (unpaired) electrons. The summed E-state index contributed by atoms with van der Waals surface area (Å²) < 4.78 is 13.2. The largest absolute Gasteiger partial charge is 0.396 e. The van der Waals surface area contributed by atoms with Crippen LogP contribution in [0.2, 0.25) is 10.0 Å². The topological polar surface area (TPSA) is 32.3 Å². The van der Waals surface area contributed by atoms with E-state index < -0.39 is 5.82 Å². The Hall–Kier alpha value is -0.350. The van der Waals surface area contributed by atoms with Crippen molar-refractivity contribution in [1.29, 1.82) is 0 Å². The normalized spacial score (nSPS) is 12.8. The highest BCUT2D eigenvalue weighted by atomic mass is 35.5. The van der Waals surface area contributed by atoms with Crippen LogP contribution in [0, 0.1) is 5.82 Å². The third-order valence-electron chi connectivity index (χ3n) is 2.30. The first kappa shape index (κ1) is 13.7. The monoisotopic (exact) mass is 265 g/mol. The summed E-state index contributed by atoms with van der Waals surface area (Å²) in [5, 5.41) is 12.3. The van der Waals surface area contributed by atoms with Crippen molar-refractivity contribution in [2.45, 2.75) is 19.4 Å². The number of aliphatic hydroxyl groups excluding tert-OH is 1. The molecule has 16 heavy (non-hydrogen) atoms. The highest BCUT2D eigenvalue weighted by molar-refractivity contribution is 6.36. The molecule has 0 saturated carbocycles. The second-order valence-corrected chi connectivity index (χ2v) is 4.30. The van der Waals surface area contributed by atoms with Crippen LogP contribution >= 0.6 is 23.2 Å². The van der Waals surface area contributed by atoms with Gasteiger partial charge in [-0.2, -0.15) is 0 Å². The van der Waals surface area contributed by atoms with Gasteiger partial charge in [-0.25, -0.2) is 4.39 Å². The maximum atomic E-state index is 13.2. The maximum absolute atomic E-state index is 13.2. The Morgan fingerprint density at radius 2 is 2.12 bits per heavy atom. The van der Waals surface area contributed by atoms with Crippen molar-refractivity contribution in [3.8, 4) is 0 Å². The highest BCUT2D eigenvalue weighted by Gasteiger charge is 2.16. The van der Waals surface area contributed by atoms with Crippen LogP contribution in [0.5, 0.6) is 0 Å². The number of halogens is 3. The first-order chi connectivity index (χ1) is 7.57.